The van der Waals surface area contributed by atoms with Gasteiger partial charge in [0.25, 0.3) is 0 Å². The average Bonchev–Trinajstić information content (AvgIpc) is 2.59. The minimum atomic E-state index is 0.0869. The molecule has 1 nitrogen and oxygen atoms in total. The maximum Gasteiger partial charge on any atom is 0.193 e. The van der Waals surface area contributed by atoms with Gasteiger partial charge in [-0.1, -0.05) is 49.4 Å². The molecule has 0 fully saturated rings. The summed E-state index contributed by atoms with van der Waals surface area (Å²) >= 11 is 1.83. The molecule has 3 rings (SSSR count). The zero-order chi connectivity index (χ0) is 15.4. The van der Waals surface area contributed by atoms with Gasteiger partial charge < -0.3 is 0 Å². The predicted molar refractivity (Wildman–Crippen MR) is 94.8 cm³/mol. The van der Waals surface area contributed by atoms with Crippen LogP contribution in [-0.2, 0) is 0 Å². The van der Waals surface area contributed by atoms with Crippen molar-refractivity contribution in [2.24, 2.45) is 0 Å². The molecule has 3 aromatic carbocycles. The molecule has 0 aliphatic carbocycles. The highest BCUT2D eigenvalue weighted by Gasteiger charge is 2.12. The van der Waals surface area contributed by atoms with Crippen LogP contribution in [0, 0.1) is 0 Å². The van der Waals surface area contributed by atoms with E-state index in [2.05, 4.69) is 6.92 Å². The van der Waals surface area contributed by atoms with Crippen LogP contribution < -0.4 is 0 Å². The summed E-state index contributed by atoms with van der Waals surface area (Å²) in [6.45, 7) is 2.17. The van der Waals surface area contributed by atoms with Crippen LogP contribution in [0.2, 0.25) is 0 Å². The Hall–Kier alpha value is -2.06. The molecule has 0 spiro atoms. The lowest BCUT2D eigenvalue weighted by molar-refractivity contribution is 0.104. The van der Waals surface area contributed by atoms with E-state index in [1.165, 1.54) is 4.90 Å². The van der Waals surface area contributed by atoms with Crippen LogP contribution in [0.1, 0.15) is 29.3 Å². The molecule has 3 aromatic rings. The summed E-state index contributed by atoms with van der Waals surface area (Å²) in [6, 6.07) is 21.9. The highest BCUT2D eigenvalue weighted by atomic mass is 32.2. The zero-order valence-electron chi connectivity index (χ0n) is 12.6. The lowest BCUT2D eigenvalue weighted by Gasteiger charge is -2.07. The van der Waals surface area contributed by atoms with Crippen molar-refractivity contribution in [3.8, 4) is 0 Å². The molecule has 0 aliphatic heterocycles. The number of fused-ring (bicyclic) bond motifs is 1. The second-order valence-electron chi connectivity index (χ2n) is 5.23. The third-order valence-electron chi connectivity index (χ3n) is 3.62. The van der Waals surface area contributed by atoms with Gasteiger partial charge in [-0.3, -0.25) is 4.79 Å². The molecule has 0 atom stereocenters. The van der Waals surface area contributed by atoms with Crippen molar-refractivity contribution in [2.75, 3.05) is 5.75 Å². The van der Waals surface area contributed by atoms with Crippen LogP contribution in [0.4, 0.5) is 0 Å². The van der Waals surface area contributed by atoms with Crippen molar-refractivity contribution >= 4 is 28.3 Å². The van der Waals surface area contributed by atoms with E-state index in [9.17, 15) is 4.79 Å². The van der Waals surface area contributed by atoms with E-state index in [1.54, 1.807) is 0 Å². The normalized spacial score (nSPS) is 10.8. The highest BCUT2D eigenvalue weighted by molar-refractivity contribution is 7.99. The zero-order valence-corrected chi connectivity index (χ0v) is 13.4. The number of hydrogen-bond acceptors (Lipinski definition) is 2. The topological polar surface area (TPSA) is 17.1 Å². The third-order valence-corrected chi connectivity index (χ3v) is 4.84. The monoisotopic (exact) mass is 306 g/mol. The molecule has 2 heteroatoms. The number of rotatable bonds is 5. The molecule has 0 aromatic heterocycles. The molecule has 0 unspecified atom stereocenters. The molecule has 0 radical (unpaired) electrons. The van der Waals surface area contributed by atoms with E-state index < -0.39 is 0 Å². The minimum absolute atomic E-state index is 0.0869. The number of carbonyl (C=O) groups is 1. The van der Waals surface area contributed by atoms with Gasteiger partial charge in [0, 0.05) is 16.0 Å². The Kier molecular flexibility index (Phi) is 4.59. The fourth-order valence-electron chi connectivity index (χ4n) is 2.50. The Morgan fingerprint density at radius 3 is 2.41 bits per heavy atom. The Morgan fingerprint density at radius 1 is 0.909 bits per heavy atom. The molecule has 0 N–H and O–H groups in total. The Balaban J connectivity index is 1.92. The lowest BCUT2D eigenvalue weighted by atomic mass is 9.97. The summed E-state index contributed by atoms with van der Waals surface area (Å²) < 4.78 is 0. The maximum absolute atomic E-state index is 12.8. The lowest BCUT2D eigenvalue weighted by Crippen LogP contribution is -2.01. The summed E-state index contributed by atoms with van der Waals surface area (Å²) in [4.78, 5) is 14.0. The highest BCUT2D eigenvalue weighted by Crippen LogP contribution is 2.23. The molecular weight excluding hydrogens is 288 g/mol. The Morgan fingerprint density at radius 2 is 1.64 bits per heavy atom. The van der Waals surface area contributed by atoms with Crippen molar-refractivity contribution in [1.29, 1.82) is 0 Å². The minimum Gasteiger partial charge on any atom is -0.289 e. The molecule has 0 heterocycles. The first-order valence-corrected chi connectivity index (χ1v) is 8.53. The van der Waals surface area contributed by atoms with Gasteiger partial charge >= 0.3 is 0 Å². The first-order chi connectivity index (χ1) is 10.8. The standard InChI is InChI=1S/C20H18OS/c1-2-14-22-17-12-10-16(11-13-17)20(21)19-9-5-7-15-6-3-4-8-18(15)19/h3-13H,2,14H2,1H3. The molecular formula is C20H18OS. The summed E-state index contributed by atoms with van der Waals surface area (Å²) in [7, 11) is 0. The molecule has 0 bridgehead atoms. The van der Waals surface area contributed by atoms with Crippen molar-refractivity contribution in [3.63, 3.8) is 0 Å². The second-order valence-corrected chi connectivity index (χ2v) is 6.40. The van der Waals surface area contributed by atoms with E-state index in [-0.39, 0.29) is 5.78 Å². The van der Waals surface area contributed by atoms with Crippen molar-refractivity contribution in [2.45, 2.75) is 18.2 Å². The molecule has 0 aliphatic rings. The predicted octanol–water partition coefficient (Wildman–Crippen LogP) is 5.57. The van der Waals surface area contributed by atoms with E-state index in [4.69, 9.17) is 0 Å². The van der Waals surface area contributed by atoms with Gasteiger partial charge in [0.2, 0.25) is 0 Å². The molecule has 0 saturated carbocycles. The van der Waals surface area contributed by atoms with E-state index in [0.717, 1.165) is 34.1 Å². The van der Waals surface area contributed by atoms with Gasteiger partial charge in [0.1, 0.15) is 0 Å². The van der Waals surface area contributed by atoms with Crippen LogP contribution in [0.5, 0.6) is 0 Å². The van der Waals surface area contributed by atoms with Crippen LogP contribution in [0.15, 0.2) is 71.6 Å². The molecule has 22 heavy (non-hydrogen) atoms. The van der Waals surface area contributed by atoms with Crippen molar-refractivity contribution < 1.29 is 4.79 Å². The third kappa shape index (κ3) is 3.07. The summed E-state index contributed by atoms with van der Waals surface area (Å²) in [5.74, 6) is 1.19. The number of carbonyl (C=O) groups excluding carboxylic acids is 1. The Bertz CT molecular complexity index is 785. The van der Waals surface area contributed by atoms with Crippen LogP contribution in [-0.4, -0.2) is 11.5 Å². The molecule has 0 saturated heterocycles. The quantitative estimate of drug-likeness (QED) is 0.452. The Labute approximate surface area is 135 Å². The number of benzene rings is 3. The average molecular weight is 306 g/mol. The second kappa shape index (κ2) is 6.80. The van der Waals surface area contributed by atoms with Crippen LogP contribution >= 0.6 is 11.8 Å². The summed E-state index contributed by atoms with van der Waals surface area (Å²) in [5.41, 5.74) is 1.52. The van der Waals surface area contributed by atoms with Gasteiger partial charge in [-0.15, -0.1) is 11.8 Å². The molecule has 110 valence electrons. The SMILES string of the molecule is CCCSc1ccc(C(=O)c2cccc3ccccc23)cc1. The smallest absolute Gasteiger partial charge is 0.193 e. The summed E-state index contributed by atoms with van der Waals surface area (Å²) in [6.07, 6.45) is 1.15. The first kappa shape index (κ1) is 14.9. The van der Waals surface area contributed by atoms with E-state index >= 15 is 0 Å². The molecule has 0 amide bonds. The van der Waals surface area contributed by atoms with Gasteiger partial charge in [0.15, 0.2) is 5.78 Å². The van der Waals surface area contributed by atoms with Crippen molar-refractivity contribution in [3.05, 3.63) is 77.9 Å². The van der Waals surface area contributed by atoms with Crippen LogP contribution in [0.3, 0.4) is 0 Å². The fraction of sp³-hybridized carbons (Fsp3) is 0.150. The van der Waals surface area contributed by atoms with Gasteiger partial charge in [-0.2, -0.15) is 0 Å². The maximum atomic E-state index is 12.8. The van der Waals surface area contributed by atoms with Crippen molar-refractivity contribution in [1.82, 2.24) is 0 Å². The number of thioether (sulfide) groups is 1. The van der Waals surface area contributed by atoms with E-state index in [0.29, 0.717) is 0 Å². The van der Waals surface area contributed by atoms with Crippen LogP contribution in [0.25, 0.3) is 10.8 Å². The van der Waals surface area contributed by atoms with Gasteiger partial charge in [-0.25, -0.2) is 0 Å². The number of hydrogen-bond donors (Lipinski definition) is 0. The van der Waals surface area contributed by atoms with Gasteiger partial charge in [-0.05, 0) is 47.2 Å². The largest absolute Gasteiger partial charge is 0.289 e. The first-order valence-electron chi connectivity index (χ1n) is 7.55. The fourth-order valence-corrected chi connectivity index (χ4v) is 3.27. The van der Waals surface area contributed by atoms with E-state index in [1.807, 2.05) is 78.5 Å². The number of ketones is 1. The summed E-state index contributed by atoms with van der Waals surface area (Å²) in [5, 5.41) is 2.11. The van der Waals surface area contributed by atoms with Gasteiger partial charge in [0.05, 0.1) is 0 Å².